The van der Waals surface area contributed by atoms with Gasteiger partial charge in [-0.25, -0.2) is 4.98 Å². The van der Waals surface area contributed by atoms with E-state index in [1.165, 1.54) is 0 Å². The summed E-state index contributed by atoms with van der Waals surface area (Å²) >= 11 is 5.74. The van der Waals surface area contributed by atoms with Crippen molar-refractivity contribution in [2.45, 2.75) is 75.4 Å². The Morgan fingerprint density at radius 2 is 1.83 bits per heavy atom. The molecule has 2 fully saturated rings. The largest absolute Gasteiger partial charge is 0.598 e. The summed E-state index contributed by atoms with van der Waals surface area (Å²) < 4.78 is 31.8. The number of ether oxygens (including phenoxy) is 2. The van der Waals surface area contributed by atoms with Crippen molar-refractivity contribution in [3.05, 3.63) is 87.3 Å². The molecule has 5 heterocycles. The third kappa shape index (κ3) is 6.27. The van der Waals surface area contributed by atoms with Crippen molar-refractivity contribution < 1.29 is 14.0 Å². The average molecular weight is 743 g/mol. The predicted octanol–water partition coefficient (Wildman–Crippen LogP) is 6.00. The van der Waals surface area contributed by atoms with Crippen LogP contribution < -0.4 is 30.0 Å². The molecule has 2 aliphatic heterocycles. The summed E-state index contributed by atoms with van der Waals surface area (Å²) in [6.45, 7) is 7.42. The molecule has 14 heteroatoms. The molecule has 0 amide bonds. The van der Waals surface area contributed by atoms with Crippen LogP contribution in [0.2, 0.25) is 5.02 Å². The van der Waals surface area contributed by atoms with Crippen LogP contribution in [0.4, 0.5) is 11.8 Å². The highest BCUT2D eigenvalue weighted by atomic mass is 35.5. The zero-order chi connectivity index (χ0) is 36.4. The lowest BCUT2D eigenvalue weighted by Gasteiger charge is -2.43. The molecule has 1 saturated heterocycles. The first-order valence-corrected chi connectivity index (χ1v) is 19.2. The molecular formula is C38H43ClN8O4S. The van der Waals surface area contributed by atoms with Gasteiger partial charge in [0.15, 0.2) is 5.65 Å². The van der Waals surface area contributed by atoms with Crippen LogP contribution in [0.1, 0.15) is 63.6 Å². The van der Waals surface area contributed by atoms with E-state index >= 15 is 0 Å². The minimum Gasteiger partial charge on any atom is -0.598 e. The van der Waals surface area contributed by atoms with Crippen LogP contribution in [-0.2, 0) is 25.0 Å². The molecule has 3 aromatic heterocycles. The number of aromatic nitrogens is 5. The van der Waals surface area contributed by atoms with Crippen molar-refractivity contribution >= 4 is 45.8 Å². The van der Waals surface area contributed by atoms with Crippen LogP contribution in [-0.4, -0.2) is 65.5 Å². The molecular weight excluding hydrogens is 700 g/mol. The number of piperidine rings is 1. The number of nitrogens with one attached hydrogen (secondary N) is 2. The molecule has 0 unspecified atom stereocenters. The molecule has 1 aliphatic carbocycles. The lowest BCUT2D eigenvalue weighted by atomic mass is 9.83. The Kier molecular flexibility index (Phi) is 8.88. The van der Waals surface area contributed by atoms with Crippen LogP contribution in [0, 0.1) is 0 Å². The predicted molar refractivity (Wildman–Crippen MR) is 205 cm³/mol. The second-order valence-corrected chi connectivity index (χ2v) is 17.3. The SMILES string of the molecule is COc1ccc(Cn2nc3nc(N4CCC5(CC4)Oc4ccccc4[C@H]5N[S@+]([O-])C(C)(C)C)n(C)c(=O)c3c2-c2ccnc(NC3CC3)c2Cl)cc1. The number of methoxy groups -OCH3 is 1. The molecule has 12 nitrogen and oxygen atoms in total. The van der Waals surface area contributed by atoms with Crippen LogP contribution in [0.15, 0.2) is 65.6 Å². The number of benzene rings is 2. The molecule has 2 aromatic carbocycles. The van der Waals surface area contributed by atoms with Crippen LogP contribution in [0.25, 0.3) is 22.3 Å². The topological polar surface area (TPSA) is 134 Å². The normalized spacial score (nSPS) is 18.8. The number of hydrogen-bond acceptors (Lipinski definition) is 10. The van der Waals surface area contributed by atoms with Crippen molar-refractivity contribution in [3.63, 3.8) is 0 Å². The molecule has 2 atom stereocenters. The molecule has 0 bridgehead atoms. The standard InChI is InChI=1S/C38H43ClN8O4S/c1-37(2,3)52(49)44-32-26-8-6-7-9-28(26)51-38(32)17-20-46(21-18-38)36-42-33-29(35(48)45(36)4)31(27-16-19-40-34(30(27)39)41-24-12-13-24)47(43-33)22-23-10-14-25(50-5)15-11-23/h6-11,14-16,19,24,32,44H,12-13,17-18,20-22H2,1-5H3,(H,40,41)/t32-,52-/m1/s1. The van der Waals surface area contributed by atoms with Crippen LogP contribution >= 0.6 is 11.6 Å². The highest BCUT2D eigenvalue weighted by Crippen LogP contribution is 2.49. The van der Waals surface area contributed by atoms with E-state index in [4.69, 9.17) is 31.2 Å². The van der Waals surface area contributed by atoms with Gasteiger partial charge >= 0.3 is 0 Å². The van der Waals surface area contributed by atoms with E-state index in [1.807, 2.05) is 80.1 Å². The van der Waals surface area contributed by atoms with Crippen molar-refractivity contribution in [3.8, 4) is 22.8 Å². The van der Waals surface area contributed by atoms with E-state index in [-0.39, 0.29) is 11.6 Å². The van der Waals surface area contributed by atoms with Gasteiger partial charge in [-0.15, -0.1) is 4.72 Å². The molecule has 5 aromatic rings. The summed E-state index contributed by atoms with van der Waals surface area (Å²) in [5.41, 5.74) is 2.77. The van der Waals surface area contributed by atoms with Gasteiger partial charge in [0.1, 0.15) is 39.1 Å². The summed E-state index contributed by atoms with van der Waals surface area (Å²) in [6, 6.07) is 17.7. The quantitative estimate of drug-likeness (QED) is 0.173. The summed E-state index contributed by atoms with van der Waals surface area (Å²) in [6.07, 6.45) is 5.11. The maximum Gasteiger partial charge on any atom is 0.266 e. The van der Waals surface area contributed by atoms with Gasteiger partial charge in [0.05, 0.1) is 24.4 Å². The number of para-hydroxylation sites is 1. The number of rotatable bonds is 9. The third-order valence-corrected chi connectivity index (χ3v) is 12.2. The Balaban J connectivity index is 1.16. The maximum absolute atomic E-state index is 14.5. The minimum absolute atomic E-state index is 0.217. The maximum atomic E-state index is 14.5. The number of anilines is 2. The molecule has 1 saturated carbocycles. The van der Waals surface area contributed by atoms with Gasteiger partial charge in [-0.1, -0.05) is 41.9 Å². The van der Waals surface area contributed by atoms with Gasteiger partial charge in [0, 0.05) is 67.7 Å². The lowest BCUT2D eigenvalue weighted by molar-refractivity contribution is 0.0376. The smallest absolute Gasteiger partial charge is 0.266 e. The first-order chi connectivity index (χ1) is 25.0. The number of halogens is 1. The molecule has 2 N–H and O–H groups in total. The van der Waals surface area contributed by atoms with Gasteiger partial charge < -0.3 is 24.2 Å². The fourth-order valence-corrected chi connectivity index (χ4v) is 8.35. The summed E-state index contributed by atoms with van der Waals surface area (Å²) in [5.74, 6) is 2.68. The Labute approximate surface area is 310 Å². The van der Waals surface area contributed by atoms with E-state index in [2.05, 4.69) is 19.9 Å². The summed E-state index contributed by atoms with van der Waals surface area (Å²) in [4.78, 5) is 26.2. The first-order valence-electron chi connectivity index (χ1n) is 17.7. The highest BCUT2D eigenvalue weighted by molar-refractivity contribution is 7.90. The van der Waals surface area contributed by atoms with Crippen molar-refractivity contribution in [1.29, 1.82) is 0 Å². The van der Waals surface area contributed by atoms with E-state index in [1.54, 1.807) is 24.9 Å². The second-order valence-electron chi connectivity index (χ2n) is 14.9. The zero-order valence-electron chi connectivity index (χ0n) is 30.0. The van der Waals surface area contributed by atoms with Crippen LogP contribution in [0.3, 0.4) is 0 Å². The second kappa shape index (κ2) is 13.3. The van der Waals surface area contributed by atoms with E-state index in [0.29, 0.717) is 77.6 Å². The summed E-state index contributed by atoms with van der Waals surface area (Å²) in [5, 5.41) is 9.21. The monoisotopic (exact) mass is 742 g/mol. The van der Waals surface area contributed by atoms with E-state index < -0.39 is 21.7 Å². The minimum atomic E-state index is -1.30. The fourth-order valence-electron chi connectivity index (χ4n) is 7.18. The molecule has 0 radical (unpaired) electrons. The Morgan fingerprint density at radius 3 is 2.52 bits per heavy atom. The number of nitrogens with zero attached hydrogens (tertiary/aromatic N) is 6. The van der Waals surface area contributed by atoms with Crippen molar-refractivity contribution in [2.75, 3.05) is 30.4 Å². The Hall–Kier alpha value is -4.30. The number of hydrogen-bond donors (Lipinski definition) is 2. The van der Waals surface area contributed by atoms with Gasteiger partial charge in [-0.2, -0.15) is 10.1 Å². The van der Waals surface area contributed by atoms with Gasteiger partial charge in [-0.05, 0) is 63.4 Å². The van der Waals surface area contributed by atoms with E-state index in [9.17, 15) is 9.35 Å². The molecule has 3 aliphatic rings. The molecule has 1 spiro atoms. The van der Waals surface area contributed by atoms with Crippen LogP contribution in [0.5, 0.6) is 11.5 Å². The molecule has 52 heavy (non-hydrogen) atoms. The molecule has 8 rings (SSSR count). The third-order valence-electron chi connectivity index (χ3n) is 10.3. The van der Waals surface area contributed by atoms with Crippen molar-refractivity contribution in [1.82, 2.24) is 29.0 Å². The van der Waals surface area contributed by atoms with Gasteiger partial charge in [0.25, 0.3) is 5.56 Å². The van der Waals surface area contributed by atoms with Crippen molar-refractivity contribution in [2.24, 2.45) is 7.05 Å². The van der Waals surface area contributed by atoms with Gasteiger partial charge in [-0.3, -0.25) is 14.0 Å². The summed E-state index contributed by atoms with van der Waals surface area (Å²) in [7, 11) is 3.39. The first kappa shape index (κ1) is 34.8. The molecule has 272 valence electrons. The number of pyridine rings is 1. The lowest BCUT2D eigenvalue weighted by Crippen LogP contribution is -2.55. The fraction of sp³-hybridized carbons (Fsp3) is 0.421. The zero-order valence-corrected chi connectivity index (χ0v) is 31.6. The Morgan fingerprint density at radius 1 is 1.10 bits per heavy atom. The average Bonchev–Trinajstić information content (AvgIpc) is 3.81. The Bertz CT molecular complexity index is 2190. The number of fused-ring (bicyclic) bond motifs is 2. The van der Waals surface area contributed by atoms with Gasteiger partial charge in [0.2, 0.25) is 5.95 Å². The highest BCUT2D eigenvalue weighted by Gasteiger charge is 2.53. The van der Waals surface area contributed by atoms with E-state index in [0.717, 1.165) is 35.5 Å².